The Balaban J connectivity index is 2.24. The number of carbonyl (C=O) groups excluding carboxylic acids is 1. The van der Waals surface area contributed by atoms with Gasteiger partial charge in [0.1, 0.15) is 17.9 Å². The summed E-state index contributed by atoms with van der Waals surface area (Å²) in [6.45, 7) is 1.71. The van der Waals surface area contributed by atoms with Crippen molar-refractivity contribution < 1.29 is 13.9 Å². The first-order valence-corrected chi connectivity index (χ1v) is 6.14. The lowest BCUT2D eigenvalue weighted by atomic mass is 10.0. The summed E-state index contributed by atoms with van der Waals surface area (Å²) in [6, 6.07) is 13.0. The Hall–Kier alpha value is -2.07. The number of hydrogen-bond donors (Lipinski definition) is 1. The van der Waals surface area contributed by atoms with E-state index in [1.165, 1.54) is 7.11 Å². The van der Waals surface area contributed by atoms with Crippen molar-refractivity contribution in [1.29, 1.82) is 0 Å². The van der Waals surface area contributed by atoms with Crippen LogP contribution in [0.5, 0.6) is 0 Å². The maximum Gasteiger partial charge on any atom is 0.249 e. The number of benzene rings is 1. The third-order valence-electron chi connectivity index (χ3n) is 2.97. The molecule has 2 rings (SSSR count). The fourth-order valence-corrected chi connectivity index (χ4v) is 1.79. The monoisotopic (exact) mass is 259 g/mol. The lowest BCUT2D eigenvalue weighted by molar-refractivity contribution is -0.130. The predicted molar refractivity (Wildman–Crippen MR) is 71.6 cm³/mol. The minimum atomic E-state index is -0.499. The fraction of sp³-hybridized carbons (Fsp3) is 0.267. The molecule has 2 atom stereocenters. The maximum atomic E-state index is 12.0. The average Bonchev–Trinajstić information content (AvgIpc) is 2.98. The van der Waals surface area contributed by atoms with Gasteiger partial charge in [-0.1, -0.05) is 30.3 Å². The molecule has 1 aromatic heterocycles. The summed E-state index contributed by atoms with van der Waals surface area (Å²) in [5, 5.41) is 2.93. The van der Waals surface area contributed by atoms with Crippen LogP contribution in [0.1, 0.15) is 24.3 Å². The van der Waals surface area contributed by atoms with Crippen molar-refractivity contribution in [3.63, 3.8) is 0 Å². The molecule has 0 aliphatic rings. The van der Waals surface area contributed by atoms with Gasteiger partial charge in [-0.15, -0.1) is 0 Å². The molecule has 1 N–H and O–H groups in total. The molecule has 1 aromatic carbocycles. The number of rotatable bonds is 5. The highest BCUT2D eigenvalue weighted by Crippen LogP contribution is 2.22. The van der Waals surface area contributed by atoms with Gasteiger partial charge in [-0.25, -0.2) is 0 Å². The van der Waals surface area contributed by atoms with Gasteiger partial charge in [0.2, 0.25) is 5.91 Å². The van der Waals surface area contributed by atoms with Crippen LogP contribution < -0.4 is 5.32 Å². The summed E-state index contributed by atoms with van der Waals surface area (Å²) in [4.78, 5) is 12.0. The molecule has 2 aromatic rings. The van der Waals surface area contributed by atoms with E-state index in [1.54, 1.807) is 19.3 Å². The standard InChI is InChI=1S/C15H17NO3/c1-11(18-2)15(17)16-14(13-9-6-10-19-13)12-7-4-3-5-8-12/h3-11,14H,1-2H3,(H,16,17). The van der Waals surface area contributed by atoms with Crippen molar-refractivity contribution in [2.75, 3.05) is 7.11 Å². The summed E-state index contributed by atoms with van der Waals surface area (Å²) in [7, 11) is 1.51. The molecule has 0 saturated heterocycles. The number of hydrogen-bond acceptors (Lipinski definition) is 3. The second-order valence-corrected chi connectivity index (χ2v) is 4.25. The molecular formula is C15H17NO3. The van der Waals surface area contributed by atoms with Crippen LogP contribution in [-0.4, -0.2) is 19.1 Å². The molecule has 4 heteroatoms. The highest BCUT2D eigenvalue weighted by Gasteiger charge is 2.21. The zero-order valence-electron chi connectivity index (χ0n) is 11.0. The molecule has 0 bridgehead atoms. The fourth-order valence-electron chi connectivity index (χ4n) is 1.79. The van der Waals surface area contributed by atoms with E-state index in [9.17, 15) is 4.79 Å². The molecular weight excluding hydrogens is 242 g/mol. The van der Waals surface area contributed by atoms with E-state index in [1.807, 2.05) is 36.4 Å². The van der Waals surface area contributed by atoms with Crippen molar-refractivity contribution in [3.8, 4) is 0 Å². The molecule has 0 aliphatic carbocycles. The molecule has 19 heavy (non-hydrogen) atoms. The highest BCUT2D eigenvalue weighted by atomic mass is 16.5. The van der Waals surface area contributed by atoms with Crippen LogP contribution in [0, 0.1) is 0 Å². The summed E-state index contributed by atoms with van der Waals surface area (Å²) < 4.78 is 10.4. The van der Waals surface area contributed by atoms with Gasteiger partial charge < -0.3 is 14.5 Å². The van der Waals surface area contributed by atoms with E-state index < -0.39 is 6.10 Å². The smallest absolute Gasteiger partial charge is 0.249 e. The first kappa shape index (κ1) is 13.4. The Bertz CT molecular complexity index is 507. The van der Waals surface area contributed by atoms with Crippen molar-refractivity contribution >= 4 is 5.91 Å². The molecule has 2 unspecified atom stereocenters. The number of carbonyl (C=O) groups is 1. The Kier molecular flexibility index (Phi) is 4.36. The Morgan fingerprint density at radius 3 is 2.53 bits per heavy atom. The average molecular weight is 259 g/mol. The number of furan rings is 1. The summed E-state index contributed by atoms with van der Waals surface area (Å²) in [6.07, 6.45) is 1.10. The molecule has 100 valence electrons. The predicted octanol–water partition coefficient (Wildman–Crippen LogP) is 2.52. The third-order valence-corrected chi connectivity index (χ3v) is 2.97. The van der Waals surface area contributed by atoms with Gasteiger partial charge in [0.25, 0.3) is 0 Å². The Morgan fingerprint density at radius 2 is 1.95 bits per heavy atom. The minimum absolute atomic E-state index is 0.173. The molecule has 0 saturated carbocycles. The molecule has 4 nitrogen and oxygen atoms in total. The SMILES string of the molecule is COC(C)C(=O)NC(c1ccccc1)c1ccco1. The third kappa shape index (κ3) is 3.23. The van der Waals surface area contributed by atoms with E-state index >= 15 is 0 Å². The second kappa shape index (κ2) is 6.20. The Labute approximate surface area is 112 Å². The van der Waals surface area contributed by atoms with Crippen molar-refractivity contribution in [2.24, 2.45) is 0 Å². The van der Waals surface area contributed by atoms with Gasteiger partial charge in [-0.3, -0.25) is 4.79 Å². The molecule has 0 aliphatic heterocycles. The van der Waals surface area contributed by atoms with Crippen molar-refractivity contribution in [2.45, 2.75) is 19.1 Å². The number of nitrogens with one attached hydrogen (secondary N) is 1. The zero-order valence-corrected chi connectivity index (χ0v) is 11.0. The van der Waals surface area contributed by atoms with Crippen LogP contribution in [-0.2, 0) is 9.53 Å². The van der Waals surface area contributed by atoms with Crippen LogP contribution in [0.15, 0.2) is 53.1 Å². The first-order valence-electron chi connectivity index (χ1n) is 6.14. The van der Waals surface area contributed by atoms with Gasteiger partial charge in [0.05, 0.1) is 6.26 Å². The first-order chi connectivity index (χ1) is 9.22. The van der Waals surface area contributed by atoms with Crippen LogP contribution in [0.25, 0.3) is 0 Å². The van der Waals surface area contributed by atoms with E-state index in [0.29, 0.717) is 5.76 Å². The second-order valence-electron chi connectivity index (χ2n) is 4.25. The molecule has 0 radical (unpaired) electrons. The van der Waals surface area contributed by atoms with Gasteiger partial charge in [0.15, 0.2) is 0 Å². The Morgan fingerprint density at radius 1 is 1.21 bits per heavy atom. The lowest BCUT2D eigenvalue weighted by Crippen LogP contribution is -2.36. The number of ether oxygens (including phenoxy) is 1. The van der Waals surface area contributed by atoms with E-state index in [-0.39, 0.29) is 11.9 Å². The normalized spacial score (nSPS) is 13.8. The topological polar surface area (TPSA) is 51.5 Å². The van der Waals surface area contributed by atoms with Crippen molar-refractivity contribution in [1.82, 2.24) is 5.32 Å². The van der Waals surface area contributed by atoms with Gasteiger partial charge in [0, 0.05) is 7.11 Å². The van der Waals surface area contributed by atoms with Crippen LogP contribution in [0.2, 0.25) is 0 Å². The number of amides is 1. The number of methoxy groups -OCH3 is 1. The van der Waals surface area contributed by atoms with Gasteiger partial charge in [-0.05, 0) is 24.6 Å². The quantitative estimate of drug-likeness (QED) is 0.897. The van der Waals surface area contributed by atoms with Crippen molar-refractivity contribution in [3.05, 3.63) is 60.1 Å². The lowest BCUT2D eigenvalue weighted by Gasteiger charge is -2.19. The van der Waals surface area contributed by atoms with Crippen LogP contribution in [0.4, 0.5) is 0 Å². The van der Waals surface area contributed by atoms with E-state index in [0.717, 1.165) is 5.56 Å². The molecule has 0 fully saturated rings. The maximum absolute atomic E-state index is 12.0. The van der Waals surface area contributed by atoms with Crippen LogP contribution >= 0.6 is 0 Å². The minimum Gasteiger partial charge on any atom is -0.467 e. The van der Waals surface area contributed by atoms with Gasteiger partial charge >= 0.3 is 0 Å². The highest BCUT2D eigenvalue weighted by molar-refractivity contribution is 5.81. The van der Waals surface area contributed by atoms with E-state index in [2.05, 4.69) is 5.32 Å². The van der Waals surface area contributed by atoms with Gasteiger partial charge in [-0.2, -0.15) is 0 Å². The summed E-state index contributed by atoms with van der Waals surface area (Å²) in [5.41, 5.74) is 0.967. The van der Waals surface area contributed by atoms with Crippen LogP contribution in [0.3, 0.4) is 0 Å². The zero-order chi connectivity index (χ0) is 13.7. The largest absolute Gasteiger partial charge is 0.467 e. The van der Waals surface area contributed by atoms with E-state index in [4.69, 9.17) is 9.15 Å². The molecule has 1 amide bonds. The summed E-state index contributed by atoms with van der Waals surface area (Å²) >= 11 is 0. The molecule has 1 heterocycles. The summed E-state index contributed by atoms with van der Waals surface area (Å²) in [5.74, 6) is 0.524. The molecule has 0 spiro atoms.